The standard InChI is InChI=1S/C22H48Si/c1-4-7-10-12-14-17-20-22(23,19-16-9-6-3)21-18-15-13-11-8-5-2/h4-21H2,1-3,23H3. The Morgan fingerprint density at radius 2 is 0.696 bits per heavy atom. The first-order valence-corrected chi connectivity index (χ1v) is 12.2. The first-order valence-electron chi connectivity index (χ1n) is 11.2. The van der Waals surface area contributed by atoms with Crippen molar-refractivity contribution >= 4 is 10.2 Å². The maximum absolute atomic E-state index is 2.34. The molecule has 0 fully saturated rings. The Morgan fingerprint density at radius 3 is 1.09 bits per heavy atom. The van der Waals surface area contributed by atoms with Crippen LogP contribution in [-0.4, -0.2) is 10.2 Å². The molecule has 0 N–H and O–H groups in total. The SMILES string of the molecule is CCCCCCCCC([SiH3])(CCCCC)CCCCCCCC. The van der Waals surface area contributed by atoms with E-state index in [1.165, 1.54) is 113 Å². The third kappa shape index (κ3) is 15.5. The number of hydrogen-bond acceptors (Lipinski definition) is 0. The summed E-state index contributed by atoms with van der Waals surface area (Å²) in [5, 5.41) is 0.782. The van der Waals surface area contributed by atoms with Crippen molar-refractivity contribution in [3.63, 3.8) is 0 Å². The van der Waals surface area contributed by atoms with Crippen molar-refractivity contribution in [3.05, 3.63) is 0 Å². The Bertz CT molecular complexity index is 208. The molecule has 23 heavy (non-hydrogen) atoms. The van der Waals surface area contributed by atoms with E-state index in [0.717, 1.165) is 5.04 Å². The van der Waals surface area contributed by atoms with Crippen LogP contribution in [0.15, 0.2) is 0 Å². The van der Waals surface area contributed by atoms with E-state index in [4.69, 9.17) is 0 Å². The second-order valence-corrected chi connectivity index (χ2v) is 10.4. The second kappa shape index (κ2) is 17.1. The molecular formula is C22H48Si. The quantitative estimate of drug-likeness (QED) is 0.178. The van der Waals surface area contributed by atoms with E-state index >= 15 is 0 Å². The van der Waals surface area contributed by atoms with Crippen molar-refractivity contribution in [3.8, 4) is 0 Å². The summed E-state index contributed by atoms with van der Waals surface area (Å²) < 4.78 is 0. The van der Waals surface area contributed by atoms with Crippen molar-refractivity contribution < 1.29 is 0 Å². The fraction of sp³-hybridized carbons (Fsp3) is 1.00. The third-order valence-corrected chi connectivity index (χ3v) is 7.15. The minimum atomic E-state index is 0.782. The van der Waals surface area contributed by atoms with Crippen molar-refractivity contribution in [2.24, 2.45) is 0 Å². The van der Waals surface area contributed by atoms with E-state index in [1.54, 1.807) is 12.8 Å². The summed E-state index contributed by atoms with van der Waals surface area (Å²) in [4.78, 5) is 0. The molecule has 0 aliphatic heterocycles. The van der Waals surface area contributed by atoms with E-state index in [2.05, 4.69) is 20.8 Å². The summed E-state index contributed by atoms with van der Waals surface area (Å²) in [6.45, 7) is 6.98. The lowest BCUT2D eigenvalue weighted by Gasteiger charge is -2.30. The molecule has 0 nitrogen and oxygen atoms in total. The van der Waals surface area contributed by atoms with Gasteiger partial charge in [0.1, 0.15) is 0 Å². The minimum Gasteiger partial charge on any atom is -0.0654 e. The molecule has 0 unspecified atom stereocenters. The van der Waals surface area contributed by atoms with Crippen LogP contribution in [-0.2, 0) is 0 Å². The molecule has 0 bridgehead atoms. The molecular weight excluding hydrogens is 292 g/mol. The maximum Gasteiger partial charge on any atom is 0.0106 e. The zero-order valence-corrected chi connectivity index (χ0v) is 19.2. The molecule has 0 saturated heterocycles. The van der Waals surface area contributed by atoms with Crippen molar-refractivity contribution in [1.82, 2.24) is 0 Å². The Morgan fingerprint density at radius 1 is 0.435 bits per heavy atom. The van der Waals surface area contributed by atoms with Crippen LogP contribution in [0.25, 0.3) is 0 Å². The van der Waals surface area contributed by atoms with Gasteiger partial charge in [0.2, 0.25) is 0 Å². The normalized spacial score (nSPS) is 12.1. The molecule has 0 rings (SSSR count). The average Bonchev–Trinajstić information content (AvgIpc) is 2.54. The fourth-order valence-corrected chi connectivity index (χ4v) is 4.90. The van der Waals surface area contributed by atoms with Crippen LogP contribution >= 0.6 is 0 Å². The van der Waals surface area contributed by atoms with Gasteiger partial charge in [-0.2, -0.15) is 0 Å². The van der Waals surface area contributed by atoms with Gasteiger partial charge in [0.15, 0.2) is 0 Å². The highest BCUT2D eigenvalue weighted by atomic mass is 28.1. The molecule has 0 aliphatic rings. The number of rotatable bonds is 18. The first kappa shape index (κ1) is 23.2. The zero-order chi connectivity index (χ0) is 17.2. The Balaban J connectivity index is 3.93. The van der Waals surface area contributed by atoms with Gasteiger partial charge >= 0.3 is 0 Å². The maximum atomic E-state index is 2.34. The van der Waals surface area contributed by atoms with E-state index in [1.807, 2.05) is 0 Å². The molecule has 0 atom stereocenters. The molecule has 0 aromatic rings. The van der Waals surface area contributed by atoms with Gasteiger partial charge in [-0.15, -0.1) is 0 Å². The zero-order valence-electron chi connectivity index (χ0n) is 17.2. The summed E-state index contributed by atoms with van der Waals surface area (Å²) in [5.74, 6) is 0. The largest absolute Gasteiger partial charge is 0.0654 e. The van der Waals surface area contributed by atoms with Crippen molar-refractivity contribution in [2.45, 2.75) is 141 Å². The molecule has 1 heteroatoms. The summed E-state index contributed by atoms with van der Waals surface area (Å²) in [6.07, 6.45) is 26.5. The summed E-state index contributed by atoms with van der Waals surface area (Å²) in [6, 6.07) is 0. The Kier molecular flexibility index (Phi) is 17.2. The number of unbranched alkanes of at least 4 members (excludes halogenated alkanes) is 12. The van der Waals surface area contributed by atoms with Crippen LogP contribution in [0.1, 0.15) is 136 Å². The van der Waals surface area contributed by atoms with Crippen LogP contribution in [0.2, 0.25) is 5.04 Å². The monoisotopic (exact) mass is 340 g/mol. The summed E-state index contributed by atoms with van der Waals surface area (Å²) in [5.41, 5.74) is 0. The Labute approximate surface area is 152 Å². The second-order valence-electron chi connectivity index (χ2n) is 8.30. The van der Waals surface area contributed by atoms with E-state index in [0.29, 0.717) is 0 Å². The average molecular weight is 341 g/mol. The minimum absolute atomic E-state index is 0.782. The first-order chi connectivity index (χ1) is 11.2. The van der Waals surface area contributed by atoms with Crippen LogP contribution in [0.4, 0.5) is 0 Å². The highest BCUT2D eigenvalue weighted by molar-refractivity contribution is 6.15. The van der Waals surface area contributed by atoms with Gasteiger partial charge in [-0.05, 0) is 5.04 Å². The summed E-state index contributed by atoms with van der Waals surface area (Å²) >= 11 is 0. The molecule has 0 spiro atoms. The van der Waals surface area contributed by atoms with Gasteiger partial charge in [-0.1, -0.05) is 136 Å². The fourth-order valence-electron chi connectivity index (χ4n) is 3.84. The highest BCUT2D eigenvalue weighted by Crippen LogP contribution is 2.40. The molecule has 140 valence electrons. The van der Waals surface area contributed by atoms with Gasteiger partial charge in [-0.3, -0.25) is 0 Å². The molecule has 0 aromatic heterocycles. The lowest BCUT2D eigenvalue weighted by atomic mass is 9.88. The molecule has 0 heterocycles. The predicted octanol–water partition coefficient (Wildman–Crippen LogP) is 7.59. The molecule has 0 aliphatic carbocycles. The number of hydrogen-bond donors (Lipinski definition) is 0. The van der Waals surface area contributed by atoms with Crippen molar-refractivity contribution in [1.29, 1.82) is 0 Å². The summed E-state index contributed by atoms with van der Waals surface area (Å²) in [7, 11) is 1.42. The van der Waals surface area contributed by atoms with Gasteiger partial charge < -0.3 is 0 Å². The van der Waals surface area contributed by atoms with Gasteiger partial charge in [-0.25, -0.2) is 0 Å². The Hall–Kier alpha value is 0.217. The molecule has 0 saturated carbocycles. The molecule has 0 aromatic carbocycles. The van der Waals surface area contributed by atoms with Crippen LogP contribution < -0.4 is 0 Å². The molecule has 0 amide bonds. The van der Waals surface area contributed by atoms with E-state index < -0.39 is 0 Å². The lowest BCUT2D eigenvalue weighted by Crippen LogP contribution is -2.13. The van der Waals surface area contributed by atoms with Crippen molar-refractivity contribution in [2.75, 3.05) is 0 Å². The predicted molar refractivity (Wildman–Crippen MR) is 113 cm³/mol. The smallest absolute Gasteiger partial charge is 0.0106 e. The lowest BCUT2D eigenvalue weighted by molar-refractivity contribution is 0.388. The van der Waals surface area contributed by atoms with E-state index in [9.17, 15) is 0 Å². The third-order valence-electron chi connectivity index (χ3n) is 5.65. The van der Waals surface area contributed by atoms with Gasteiger partial charge in [0.25, 0.3) is 0 Å². The van der Waals surface area contributed by atoms with Gasteiger partial charge in [0, 0.05) is 10.2 Å². The van der Waals surface area contributed by atoms with Crippen LogP contribution in [0.5, 0.6) is 0 Å². The highest BCUT2D eigenvalue weighted by Gasteiger charge is 2.22. The van der Waals surface area contributed by atoms with Crippen LogP contribution in [0, 0.1) is 0 Å². The van der Waals surface area contributed by atoms with Gasteiger partial charge in [0.05, 0.1) is 0 Å². The topological polar surface area (TPSA) is 0 Å². The van der Waals surface area contributed by atoms with Crippen LogP contribution in [0.3, 0.4) is 0 Å². The molecule has 0 radical (unpaired) electrons. The van der Waals surface area contributed by atoms with E-state index in [-0.39, 0.29) is 0 Å².